The lowest BCUT2D eigenvalue weighted by atomic mass is 10.1. The molecule has 0 atom stereocenters. The van der Waals surface area contributed by atoms with Crippen LogP contribution in [-0.2, 0) is 6.18 Å². The summed E-state index contributed by atoms with van der Waals surface area (Å²) in [5.74, 6) is 0.0416. The largest absolute Gasteiger partial charge is 0.461 e. The van der Waals surface area contributed by atoms with Crippen LogP contribution in [0.5, 0.6) is 0 Å². The maximum absolute atomic E-state index is 13.0. The third kappa shape index (κ3) is 4.29. The van der Waals surface area contributed by atoms with Gasteiger partial charge in [-0.2, -0.15) is 13.2 Å². The van der Waals surface area contributed by atoms with Crippen molar-refractivity contribution in [3.05, 3.63) is 74.4 Å². The van der Waals surface area contributed by atoms with Crippen molar-refractivity contribution in [3.8, 4) is 11.3 Å². The molecule has 0 fully saturated rings. The molecular formula is C19H11Cl3F3NO2. The highest BCUT2D eigenvalue weighted by atomic mass is 35.5. The van der Waals surface area contributed by atoms with Gasteiger partial charge >= 0.3 is 6.18 Å². The fourth-order valence-corrected chi connectivity index (χ4v) is 3.04. The number of furan rings is 1. The van der Waals surface area contributed by atoms with Crippen molar-refractivity contribution in [2.45, 2.75) is 13.1 Å². The van der Waals surface area contributed by atoms with E-state index in [0.29, 0.717) is 27.1 Å². The Hall–Kier alpha value is -2.15. The van der Waals surface area contributed by atoms with Crippen molar-refractivity contribution < 1.29 is 22.4 Å². The number of amides is 1. The molecule has 0 aliphatic heterocycles. The molecule has 1 heterocycles. The predicted molar refractivity (Wildman–Crippen MR) is 103 cm³/mol. The molecule has 28 heavy (non-hydrogen) atoms. The van der Waals surface area contributed by atoms with E-state index >= 15 is 0 Å². The van der Waals surface area contributed by atoms with Crippen LogP contribution in [0.1, 0.15) is 21.7 Å². The number of rotatable bonds is 3. The summed E-state index contributed by atoms with van der Waals surface area (Å²) in [4.78, 5) is 12.5. The second kappa shape index (κ2) is 7.70. The minimum absolute atomic E-state index is 0.0431. The number of hydrogen-bond acceptors (Lipinski definition) is 2. The zero-order valence-corrected chi connectivity index (χ0v) is 16.4. The minimum Gasteiger partial charge on any atom is -0.461 e. The highest BCUT2D eigenvalue weighted by Gasteiger charge is 2.33. The number of carbonyl (C=O) groups excluding carboxylic acids is 1. The molecule has 0 radical (unpaired) electrons. The molecule has 9 heteroatoms. The summed E-state index contributed by atoms with van der Waals surface area (Å²) in [6, 6.07) is 9.44. The van der Waals surface area contributed by atoms with Gasteiger partial charge in [0.05, 0.1) is 26.2 Å². The van der Waals surface area contributed by atoms with E-state index in [1.165, 1.54) is 12.1 Å². The quantitative estimate of drug-likeness (QED) is 0.451. The van der Waals surface area contributed by atoms with Gasteiger partial charge in [-0.15, -0.1) is 0 Å². The van der Waals surface area contributed by atoms with E-state index in [1.807, 2.05) is 0 Å². The van der Waals surface area contributed by atoms with Crippen LogP contribution in [-0.4, -0.2) is 5.91 Å². The first-order valence-corrected chi connectivity index (χ1v) is 8.93. The van der Waals surface area contributed by atoms with Gasteiger partial charge in [-0.05, 0) is 49.4 Å². The zero-order valence-electron chi connectivity index (χ0n) is 14.1. The van der Waals surface area contributed by atoms with Gasteiger partial charge in [0.15, 0.2) is 0 Å². The monoisotopic (exact) mass is 447 g/mol. The summed E-state index contributed by atoms with van der Waals surface area (Å²) in [5, 5.41) is 2.66. The first-order valence-electron chi connectivity index (χ1n) is 7.80. The van der Waals surface area contributed by atoms with Gasteiger partial charge in [0.25, 0.3) is 5.91 Å². The molecular weight excluding hydrogens is 438 g/mol. The van der Waals surface area contributed by atoms with E-state index in [0.717, 1.165) is 12.1 Å². The molecule has 2 aromatic carbocycles. The third-order valence-corrected chi connectivity index (χ3v) is 4.96. The fraction of sp³-hybridized carbons (Fsp3) is 0.105. The molecule has 0 aliphatic rings. The van der Waals surface area contributed by atoms with E-state index in [2.05, 4.69) is 5.32 Å². The van der Waals surface area contributed by atoms with E-state index in [-0.39, 0.29) is 11.3 Å². The normalized spacial score (nSPS) is 11.5. The van der Waals surface area contributed by atoms with Crippen molar-refractivity contribution in [1.29, 1.82) is 0 Å². The smallest absolute Gasteiger partial charge is 0.417 e. The van der Waals surface area contributed by atoms with Crippen molar-refractivity contribution in [2.24, 2.45) is 0 Å². The lowest BCUT2D eigenvalue weighted by Crippen LogP contribution is -2.13. The zero-order chi connectivity index (χ0) is 20.6. The SMILES string of the molecule is Cc1oc(-c2ccc(Cl)c(Cl)c2)cc1C(=O)Nc1ccc(Cl)c(C(F)(F)F)c1. The van der Waals surface area contributed by atoms with Crippen LogP contribution in [0.2, 0.25) is 15.1 Å². The molecule has 0 unspecified atom stereocenters. The number of carbonyl (C=O) groups is 1. The first kappa shape index (κ1) is 20.6. The maximum atomic E-state index is 13.0. The van der Waals surface area contributed by atoms with E-state index in [1.54, 1.807) is 25.1 Å². The summed E-state index contributed by atoms with van der Waals surface area (Å²) in [5.41, 5.74) is -0.308. The van der Waals surface area contributed by atoms with E-state index in [4.69, 9.17) is 39.2 Å². The summed E-state index contributed by atoms with van der Waals surface area (Å²) in [7, 11) is 0. The van der Waals surface area contributed by atoms with Crippen LogP contribution >= 0.6 is 34.8 Å². The molecule has 0 aliphatic carbocycles. The van der Waals surface area contributed by atoms with Gasteiger partial charge in [0.2, 0.25) is 0 Å². The van der Waals surface area contributed by atoms with Crippen LogP contribution in [0.3, 0.4) is 0 Å². The van der Waals surface area contributed by atoms with Gasteiger partial charge in [-0.25, -0.2) is 0 Å². The topological polar surface area (TPSA) is 42.2 Å². The Kier molecular flexibility index (Phi) is 5.66. The van der Waals surface area contributed by atoms with Gasteiger partial charge in [-0.3, -0.25) is 4.79 Å². The summed E-state index contributed by atoms with van der Waals surface area (Å²) in [6.07, 6.45) is -4.63. The Morgan fingerprint density at radius 2 is 1.64 bits per heavy atom. The summed E-state index contributed by atoms with van der Waals surface area (Å²) < 4.78 is 44.5. The second-order valence-electron chi connectivity index (χ2n) is 5.86. The Balaban J connectivity index is 1.88. The van der Waals surface area contributed by atoms with Crippen LogP contribution < -0.4 is 5.32 Å². The Morgan fingerprint density at radius 1 is 0.964 bits per heavy atom. The number of benzene rings is 2. The maximum Gasteiger partial charge on any atom is 0.417 e. The van der Waals surface area contributed by atoms with Crippen LogP contribution in [0.15, 0.2) is 46.9 Å². The molecule has 3 rings (SSSR count). The number of aryl methyl sites for hydroxylation is 1. The molecule has 0 saturated carbocycles. The minimum atomic E-state index is -4.63. The van der Waals surface area contributed by atoms with Crippen molar-refractivity contribution in [1.82, 2.24) is 0 Å². The number of hydrogen-bond donors (Lipinski definition) is 1. The Bertz CT molecular complexity index is 1060. The van der Waals surface area contributed by atoms with Crippen molar-refractivity contribution >= 4 is 46.4 Å². The highest BCUT2D eigenvalue weighted by Crippen LogP contribution is 2.36. The van der Waals surface area contributed by atoms with E-state index < -0.39 is 22.7 Å². The second-order valence-corrected chi connectivity index (χ2v) is 7.08. The third-order valence-electron chi connectivity index (χ3n) is 3.90. The van der Waals surface area contributed by atoms with Gasteiger partial charge in [0.1, 0.15) is 11.5 Å². The highest BCUT2D eigenvalue weighted by molar-refractivity contribution is 6.42. The molecule has 3 nitrogen and oxygen atoms in total. The average molecular weight is 449 g/mol. The molecule has 1 N–H and O–H groups in total. The van der Waals surface area contributed by atoms with Crippen molar-refractivity contribution in [3.63, 3.8) is 0 Å². The standard InChI is InChI=1S/C19H11Cl3F3NO2/c1-9-12(8-17(28-9)10-2-4-15(21)16(22)6-10)18(27)26-11-3-5-14(20)13(7-11)19(23,24)25/h2-8H,1H3,(H,26,27). The Labute approximate surface area is 173 Å². The summed E-state index contributed by atoms with van der Waals surface area (Å²) in [6.45, 7) is 1.57. The molecule has 1 amide bonds. The average Bonchev–Trinajstić information content (AvgIpc) is 3.00. The molecule has 0 spiro atoms. The Morgan fingerprint density at radius 3 is 2.29 bits per heavy atom. The van der Waals surface area contributed by atoms with Crippen LogP contribution in [0.25, 0.3) is 11.3 Å². The van der Waals surface area contributed by atoms with Crippen molar-refractivity contribution in [2.75, 3.05) is 5.32 Å². The van der Waals surface area contributed by atoms with Crippen LogP contribution in [0.4, 0.5) is 18.9 Å². The number of nitrogens with one attached hydrogen (secondary N) is 1. The molecule has 146 valence electrons. The molecule has 1 aromatic heterocycles. The number of alkyl halides is 3. The first-order chi connectivity index (χ1) is 13.1. The number of halogens is 6. The van der Waals surface area contributed by atoms with Gasteiger partial charge in [0, 0.05) is 11.3 Å². The predicted octanol–water partition coefficient (Wildman–Crippen LogP) is 7.49. The van der Waals surface area contributed by atoms with E-state index in [9.17, 15) is 18.0 Å². The fourth-order valence-electron chi connectivity index (χ4n) is 2.52. The molecule has 0 saturated heterocycles. The molecule has 3 aromatic rings. The molecule has 0 bridgehead atoms. The van der Waals surface area contributed by atoms with Gasteiger partial charge in [-0.1, -0.05) is 34.8 Å². The number of anilines is 1. The van der Waals surface area contributed by atoms with Crippen LogP contribution in [0, 0.1) is 6.92 Å². The van der Waals surface area contributed by atoms with Gasteiger partial charge < -0.3 is 9.73 Å². The lowest BCUT2D eigenvalue weighted by molar-refractivity contribution is -0.137. The lowest BCUT2D eigenvalue weighted by Gasteiger charge is -2.11. The summed E-state index contributed by atoms with van der Waals surface area (Å²) >= 11 is 17.5.